The number of anilines is 2. The van der Waals surface area contributed by atoms with Crippen LogP contribution in [-0.2, 0) is 40.1 Å². The molecule has 8 heterocycles. The van der Waals surface area contributed by atoms with Gasteiger partial charge in [0.2, 0.25) is 0 Å². The average molecular weight is 758 g/mol. The molecule has 0 radical (unpaired) electrons. The highest BCUT2D eigenvalue weighted by atomic mass is 16.7. The van der Waals surface area contributed by atoms with E-state index in [1.165, 1.54) is 16.5 Å². The van der Waals surface area contributed by atoms with E-state index >= 15 is 0 Å². The fourth-order valence-corrected chi connectivity index (χ4v) is 9.97. The predicted octanol–water partition coefficient (Wildman–Crippen LogP) is 4.29. The Kier molecular flexibility index (Phi) is 7.79. The molecule has 0 bridgehead atoms. The van der Waals surface area contributed by atoms with E-state index in [0.717, 1.165) is 65.1 Å². The summed E-state index contributed by atoms with van der Waals surface area (Å²) in [6.45, 7) is 6.98. The van der Waals surface area contributed by atoms with Gasteiger partial charge in [0, 0.05) is 46.5 Å². The van der Waals surface area contributed by atoms with Crippen LogP contribution in [0.2, 0.25) is 0 Å². The maximum Gasteiger partial charge on any atom is 0.341 e. The number of nitrogen functional groups attached to an aromatic ring is 2. The van der Waals surface area contributed by atoms with Crippen LogP contribution in [0.5, 0.6) is 11.5 Å². The molecular formula is C43H45N6O7+. The number of aromatic nitrogens is 2. The van der Waals surface area contributed by atoms with Crippen LogP contribution in [0.4, 0.5) is 11.6 Å². The summed E-state index contributed by atoms with van der Waals surface area (Å²) in [5.74, 6) is 0.842. The van der Waals surface area contributed by atoms with Gasteiger partial charge in [-0.25, -0.2) is 14.8 Å². The zero-order valence-corrected chi connectivity index (χ0v) is 31.7. The predicted molar refractivity (Wildman–Crippen MR) is 208 cm³/mol. The first-order valence-corrected chi connectivity index (χ1v) is 19.6. The number of epoxide rings is 1. The van der Waals surface area contributed by atoms with Crippen LogP contribution in [0.1, 0.15) is 85.6 Å². The van der Waals surface area contributed by atoms with Crippen molar-refractivity contribution in [3.8, 4) is 22.8 Å². The number of nitrogens with two attached hydrogens (primary N) is 2. The number of phenolic OH excluding ortho intramolecular Hbond substituents is 1. The van der Waals surface area contributed by atoms with Gasteiger partial charge >= 0.3 is 5.97 Å². The van der Waals surface area contributed by atoms with Crippen molar-refractivity contribution in [3.05, 3.63) is 91.7 Å². The molecule has 5 aliphatic heterocycles. The normalized spacial score (nSPS) is 26.7. The molecule has 2 saturated heterocycles. The molecule has 1 unspecified atom stereocenters. The van der Waals surface area contributed by atoms with Gasteiger partial charge < -0.3 is 35.2 Å². The van der Waals surface area contributed by atoms with Crippen molar-refractivity contribution in [2.75, 3.05) is 18.0 Å². The largest absolute Gasteiger partial charge is 0.507 e. The number of allylic oxidation sites excluding steroid dienone is 1. The fourth-order valence-electron chi connectivity index (χ4n) is 9.97. The van der Waals surface area contributed by atoms with Crippen molar-refractivity contribution in [1.29, 1.82) is 0 Å². The van der Waals surface area contributed by atoms with Gasteiger partial charge in [-0.2, -0.15) is 0 Å². The lowest BCUT2D eigenvalue weighted by atomic mass is 9.76. The first-order valence-electron chi connectivity index (χ1n) is 19.6. The summed E-state index contributed by atoms with van der Waals surface area (Å²) in [6.07, 6.45) is 10.5. The maximum absolute atomic E-state index is 14.1. The number of carbonyl (C=O) groups excluding carboxylic acids is 1. The van der Waals surface area contributed by atoms with Crippen LogP contribution < -0.4 is 26.5 Å². The highest BCUT2D eigenvalue weighted by Crippen LogP contribution is 2.54. The monoisotopic (exact) mass is 757 g/mol. The minimum absolute atomic E-state index is 0.0991. The number of hydrogen-bond acceptors (Lipinski definition) is 12. The Labute approximate surface area is 323 Å². The second-order valence-corrected chi connectivity index (χ2v) is 16.7. The highest BCUT2D eigenvalue weighted by Gasteiger charge is 2.65. The molecule has 13 heteroatoms. The Morgan fingerprint density at radius 3 is 2.73 bits per heavy atom. The molecule has 56 heavy (non-hydrogen) atoms. The third-order valence-electron chi connectivity index (χ3n) is 12.6. The van der Waals surface area contributed by atoms with Crippen LogP contribution in [0.3, 0.4) is 0 Å². The molecule has 4 aromatic rings. The third-order valence-corrected chi connectivity index (χ3v) is 12.6. The van der Waals surface area contributed by atoms with Crippen molar-refractivity contribution in [1.82, 2.24) is 9.97 Å². The summed E-state index contributed by atoms with van der Waals surface area (Å²) in [7, 11) is 0. The Hall–Kier alpha value is -5.53. The Morgan fingerprint density at radius 2 is 1.89 bits per heavy atom. The van der Waals surface area contributed by atoms with Crippen LogP contribution in [0.25, 0.3) is 22.2 Å². The van der Waals surface area contributed by atoms with E-state index < -0.39 is 23.3 Å². The van der Waals surface area contributed by atoms with E-state index in [2.05, 4.69) is 23.3 Å². The Bertz CT molecular complexity index is 2540. The van der Waals surface area contributed by atoms with Crippen molar-refractivity contribution in [3.63, 3.8) is 0 Å². The number of phenols is 1. The summed E-state index contributed by atoms with van der Waals surface area (Å²) in [4.78, 5) is 42.5. The first kappa shape index (κ1) is 34.9. The standard InChI is InChI=1S/C43H44N6O7/c1-21-14-30(50)36-31(53-21)17-32-35(38(36)51)27-8-5-12-43(41(52)54-39(27)42(2,3)55-32)33(56-43)10-9-22-15-34(44)48-37-25(22)6-4-7-26-28(37)16-24(47-40(26)45)19-49-18-23-11-13-46-29(23)20-49/h11,13-17,20,27,33,39,51H,4-10,12,18-19H2,1-3H3,(H2,44,48)(H2,45,47)/p+1/t27-,33+,39+,43-/m0/s1. The number of esters is 1. The fraction of sp³-hybridized carbons (Fsp3) is 0.419. The van der Waals surface area contributed by atoms with Crippen LogP contribution in [-0.4, -0.2) is 57.2 Å². The molecule has 288 valence electrons. The molecule has 5 atom stereocenters. The van der Waals surface area contributed by atoms with Gasteiger partial charge in [0.15, 0.2) is 11.0 Å². The number of ether oxygens (including phenoxy) is 3. The van der Waals surface area contributed by atoms with Crippen molar-refractivity contribution >= 4 is 34.8 Å². The number of quaternary nitrogens is 1. The van der Waals surface area contributed by atoms with E-state index in [1.54, 1.807) is 13.0 Å². The van der Waals surface area contributed by atoms with Gasteiger partial charge in [0.25, 0.3) is 0 Å². The number of hydrogen-bond donors (Lipinski definition) is 4. The Balaban J connectivity index is 0.892. The summed E-state index contributed by atoms with van der Waals surface area (Å²) in [5.41, 5.74) is 19.8. The Morgan fingerprint density at radius 1 is 1.05 bits per heavy atom. The van der Waals surface area contributed by atoms with E-state index in [-0.39, 0.29) is 34.2 Å². The van der Waals surface area contributed by atoms with Crippen molar-refractivity contribution in [2.45, 2.75) is 108 Å². The summed E-state index contributed by atoms with van der Waals surface area (Å²) < 4.78 is 24.8. The lowest BCUT2D eigenvalue weighted by Gasteiger charge is -2.45. The van der Waals surface area contributed by atoms with Crippen LogP contribution >= 0.6 is 0 Å². The van der Waals surface area contributed by atoms with Gasteiger partial charge in [0.05, 0.1) is 17.5 Å². The van der Waals surface area contributed by atoms with Gasteiger partial charge in [-0.3, -0.25) is 14.7 Å². The summed E-state index contributed by atoms with van der Waals surface area (Å²) in [6, 6.07) is 7.11. The topological polar surface area (TPSA) is 193 Å². The molecule has 10 rings (SSSR count). The van der Waals surface area contributed by atoms with E-state index in [0.29, 0.717) is 67.4 Å². The summed E-state index contributed by atoms with van der Waals surface area (Å²) >= 11 is 0. The summed E-state index contributed by atoms with van der Waals surface area (Å²) in [5, 5.41) is 11.6. The molecule has 0 amide bonds. The minimum atomic E-state index is -1.06. The highest BCUT2D eigenvalue weighted by molar-refractivity contribution is 5.88. The van der Waals surface area contributed by atoms with E-state index in [1.807, 2.05) is 26.1 Å². The van der Waals surface area contributed by atoms with Crippen LogP contribution in [0.15, 0.2) is 62.0 Å². The van der Waals surface area contributed by atoms with Crippen molar-refractivity contribution in [2.24, 2.45) is 4.99 Å². The number of carbonyl (C=O) groups is 1. The first-order chi connectivity index (χ1) is 26.9. The molecular weight excluding hydrogens is 713 g/mol. The van der Waals surface area contributed by atoms with Gasteiger partial charge in [-0.15, -0.1) is 0 Å². The number of aromatic hydroxyl groups is 1. The lowest BCUT2D eigenvalue weighted by Crippen LogP contribution is -3.04. The molecule has 1 aromatic carbocycles. The SMILES string of the molecule is Cc1cc(=O)c2c(O)c3c(cc2o1)OC(C)(C)[C@@H]1OC(=O)[C@@]2(CCC[C@@H]31)O[C@@H]2CCc1cc(N)nc2c1CCCc1c-2cc(C[NH+]2C=C3N=CC=C3C2)nc1N. The maximum atomic E-state index is 14.1. The van der Waals surface area contributed by atoms with Gasteiger partial charge in [0.1, 0.15) is 76.6 Å². The number of pyridine rings is 2. The average Bonchev–Trinajstić information content (AvgIpc) is 3.55. The van der Waals surface area contributed by atoms with Crippen LogP contribution in [0, 0.1) is 6.92 Å². The molecule has 6 aliphatic rings. The van der Waals surface area contributed by atoms with E-state index in [9.17, 15) is 14.7 Å². The number of aliphatic imine (C=N–C) groups is 1. The third kappa shape index (κ3) is 5.54. The second-order valence-electron chi connectivity index (χ2n) is 16.7. The smallest absolute Gasteiger partial charge is 0.341 e. The zero-order valence-electron chi connectivity index (χ0n) is 31.7. The number of benzene rings is 1. The minimum Gasteiger partial charge on any atom is -0.507 e. The van der Waals surface area contributed by atoms with Gasteiger partial charge in [-0.05, 0) is 101 Å². The number of nitrogens with zero attached hydrogens (tertiary/aromatic N) is 3. The number of aryl methyl sites for hydroxylation is 2. The molecule has 6 N–H and O–H groups in total. The second kappa shape index (κ2) is 12.5. The number of nitrogens with one attached hydrogen (secondary N) is 1. The van der Waals surface area contributed by atoms with Crippen molar-refractivity contribution < 1.29 is 33.4 Å². The zero-order chi connectivity index (χ0) is 38.7. The van der Waals surface area contributed by atoms with Gasteiger partial charge in [-0.1, -0.05) is 0 Å². The molecule has 3 aromatic heterocycles. The number of rotatable bonds is 5. The molecule has 1 spiro atoms. The quantitative estimate of drug-likeness (QED) is 0.168. The molecule has 1 aliphatic carbocycles. The molecule has 13 nitrogen and oxygen atoms in total. The number of fused-ring (bicyclic) bond motifs is 8. The lowest BCUT2D eigenvalue weighted by molar-refractivity contribution is -0.852. The van der Waals surface area contributed by atoms with E-state index in [4.69, 9.17) is 40.1 Å². The molecule has 0 saturated carbocycles. The molecule has 2 fully saturated rings.